The first-order valence-electron chi connectivity index (χ1n) is 3.11. The summed E-state index contributed by atoms with van der Waals surface area (Å²) < 4.78 is 5.35. The van der Waals surface area contributed by atoms with Gasteiger partial charge in [0.05, 0.1) is 8.56 Å². The Bertz CT molecular complexity index is 82.8. The summed E-state index contributed by atoms with van der Waals surface area (Å²) in [7, 11) is -4.02. The molecular formula is C5H15NaO2Si2. The molecule has 0 aromatic carbocycles. The average molecular weight is 186 g/mol. The van der Waals surface area contributed by atoms with Gasteiger partial charge in [0.25, 0.3) is 0 Å². The summed E-state index contributed by atoms with van der Waals surface area (Å²) in [5.74, 6) is 0. The van der Waals surface area contributed by atoms with E-state index in [9.17, 15) is 4.80 Å². The van der Waals surface area contributed by atoms with Crippen molar-refractivity contribution >= 4 is 16.9 Å². The Morgan fingerprint density at radius 1 is 1.00 bits per heavy atom. The molecule has 0 heterocycles. The first-order chi connectivity index (χ1) is 3.71. The van der Waals surface area contributed by atoms with E-state index in [1.54, 1.807) is 13.1 Å². The molecule has 0 radical (unpaired) electrons. The zero-order valence-electron chi connectivity index (χ0n) is 7.82. The van der Waals surface area contributed by atoms with Crippen LogP contribution in [0.25, 0.3) is 0 Å². The Labute approximate surface area is 87.7 Å². The molecule has 2 nitrogen and oxygen atoms in total. The molecular weight excluding hydrogens is 171 g/mol. The van der Waals surface area contributed by atoms with Crippen molar-refractivity contribution in [3.8, 4) is 0 Å². The van der Waals surface area contributed by atoms with E-state index >= 15 is 0 Å². The molecule has 10 heavy (non-hydrogen) atoms. The predicted molar refractivity (Wildman–Crippen MR) is 41.9 cm³/mol. The van der Waals surface area contributed by atoms with Crippen LogP contribution in [-0.2, 0) is 4.12 Å². The molecule has 0 saturated heterocycles. The molecule has 0 bridgehead atoms. The Balaban J connectivity index is 0. The second kappa shape index (κ2) is 4.40. The van der Waals surface area contributed by atoms with Crippen molar-refractivity contribution in [2.24, 2.45) is 0 Å². The van der Waals surface area contributed by atoms with E-state index in [-0.39, 0.29) is 29.6 Å². The fourth-order valence-electron chi connectivity index (χ4n) is 0.737. The summed E-state index contributed by atoms with van der Waals surface area (Å²) in [6.07, 6.45) is 0. The van der Waals surface area contributed by atoms with Gasteiger partial charge in [-0.2, -0.15) is 0 Å². The van der Waals surface area contributed by atoms with Crippen LogP contribution in [0.4, 0.5) is 0 Å². The molecule has 0 spiro atoms. The SMILES string of the molecule is C[Si](C)(C)O[Si](C)(C)[O-].[Na+]. The maximum Gasteiger partial charge on any atom is 1.00 e. The molecule has 0 aliphatic carbocycles. The Morgan fingerprint density at radius 2 is 1.30 bits per heavy atom. The number of rotatable bonds is 2. The maximum atomic E-state index is 11.1. The summed E-state index contributed by atoms with van der Waals surface area (Å²) in [6.45, 7) is 9.50. The predicted octanol–water partition coefficient (Wildman–Crippen LogP) is -2.10. The number of hydrogen-bond donors (Lipinski definition) is 0. The smallest absolute Gasteiger partial charge is 0.839 e. The molecule has 56 valence electrons. The minimum Gasteiger partial charge on any atom is -0.839 e. The average Bonchev–Trinajstić information content (AvgIpc) is 1.14. The molecule has 5 heteroatoms. The van der Waals surface area contributed by atoms with Crippen LogP contribution in [0.1, 0.15) is 0 Å². The van der Waals surface area contributed by atoms with E-state index in [4.69, 9.17) is 4.12 Å². The zero-order chi connectivity index (χ0) is 7.71. The van der Waals surface area contributed by atoms with Crippen LogP contribution in [0, 0.1) is 0 Å². The van der Waals surface area contributed by atoms with E-state index in [1.165, 1.54) is 0 Å². The van der Waals surface area contributed by atoms with Gasteiger partial charge in [0.15, 0.2) is 8.32 Å². The van der Waals surface area contributed by atoms with Crippen LogP contribution in [0.5, 0.6) is 0 Å². The van der Waals surface area contributed by atoms with Crippen LogP contribution in [0.2, 0.25) is 32.7 Å². The minimum absolute atomic E-state index is 0. The van der Waals surface area contributed by atoms with Crippen LogP contribution in [-0.4, -0.2) is 16.9 Å². The van der Waals surface area contributed by atoms with Crippen LogP contribution in [0.15, 0.2) is 0 Å². The van der Waals surface area contributed by atoms with Crippen molar-refractivity contribution < 1.29 is 38.5 Å². The first-order valence-corrected chi connectivity index (χ1v) is 9.34. The van der Waals surface area contributed by atoms with Crippen molar-refractivity contribution in [2.75, 3.05) is 0 Å². The molecule has 0 saturated carbocycles. The van der Waals surface area contributed by atoms with Gasteiger partial charge in [-0.1, -0.05) is 13.1 Å². The van der Waals surface area contributed by atoms with E-state index in [0.29, 0.717) is 0 Å². The largest absolute Gasteiger partial charge is 1.00 e. The molecule has 0 aliphatic rings. The maximum absolute atomic E-state index is 11.1. The standard InChI is InChI=1S/C5H15O2Si2.Na/c1-8(2,3)7-9(4,5)6;/h1-5H3;/q-1;+1. The van der Waals surface area contributed by atoms with Crippen molar-refractivity contribution in [2.45, 2.75) is 32.7 Å². The van der Waals surface area contributed by atoms with Gasteiger partial charge in [-0.25, -0.2) is 0 Å². The fourth-order valence-corrected chi connectivity index (χ4v) is 6.64. The third-order valence-electron chi connectivity index (χ3n) is 0.552. The molecule has 0 N–H and O–H groups in total. The van der Waals surface area contributed by atoms with E-state index in [1.807, 2.05) is 19.6 Å². The third-order valence-corrected chi connectivity index (χ3v) is 4.97. The first kappa shape index (κ1) is 13.9. The van der Waals surface area contributed by atoms with Gasteiger partial charge in [-0.05, 0) is 19.6 Å². The zero-order valence-corrected chi connectivity index (χ0v) is 11.8. The number of hydrogen-bond acceptors (Lipinski definition) is 2. The second-order valence-corrected chi connectivity index (χ2v) is 11.5. The van der Waals surface area contributed by atoms with Gasteiger partial charge in [-0.3, -0.25) is 0 Å². The van der Waals surface area contributed by atoms with Gasteiger partial charge in [-0.15, -0.1) is 0 Å². The molecule has 0 aliphatic heterocycles. The summed E-state index contributed by atoms with van der Waals surface area (Å²) >= 11 is 0. The molecule has 0 aromatic heterocycles. The summed E-state index contributed by atoms with van der Waals surface area (Å²) in [4.78, 5) is 11.1. The quantitative estimate of drug-likeness (QED) is 0.463. The van der Waals surface area contributed by atoms with Crippen LogP contribution >= 0.6 is 0 Å². The van der Waals surface area contributed by atoms with Crippen molar-refractivity contribution in [3.63, 3.8) is 0 Å². The topological polar surface area (TPSA) is 32.3 Å². The summed E-state index contributed by atoms with van der Waals surface area (Å²) in [6, 6.07) is 0. The molecule has 0 rings (SSSR count). The Morgan fingerprint density at radius 3 is 1.30 bits per heavy atom. The van der Waals surface area contributed by atoms with Crippen molar-refractivity contribution in [1.82, 2.24) is 0 Å². The normalized spacial score (nSPS) is 12.6. The molecule has 0 unspecified atom stereocenters. The van der Waals surface area contributed by atoms with Crippen LogP contribution in [0.3, 0.4) is 0 Å². The van der Waals surface area contributed by atoms with Crippen molar-refractivity contribution in [3.05, 3.63) is 0 Å². The van der Waals surface area contributed by atoms with Gasteiger partial charge < -0.3 is 8.91 Å². The van der Waals surface area contributed by atoms with E-state index in [0.717, 1.165) is 0 Å². The van der Waals surface area contributed by atoms with Crippen LogP contribution < -0.4 is 34.4 Å². The molecule has 0 fully saturated rings. The van der Waals surface area contributed by atoms with Gasteiger partial charge in [0.1, 0.15) is 0 Å². The van der Waals surface area contributed by atoms with E-state index < -0.39 is 16.9 Å². The Kier molecular flexibility index (Phi) is 6.12. The third kappa shape index (κ3) is 12.1. The van der Waals surface area contributed by atoms with E-state index in [2.05, 4.69) is 0 Å². The second-order valence-electron chi connectivity index (χ2n) is 3.61. The van der Waals surface area contributed by atoms with Gasteiger partial charge in [0.2, 0.25) is 0 Å². The van der Waals surface area contributed by atoms with Crippen molar-refractivity contribution in [1.29, 1.82) is 0 Å². The molecule has 0 amide bonds. The molecule has 0 aromatic rings. The van der Waals surface area contributed by atoms with Gasteiger partial charge in [0, 0.05) is 0 Å². The Hall–Kier alpha value is 1.35. The summed E-state index contributed by atoms with van der Waals surface area (Å²) in [5, 5.41) is 0. The monoisotopic (exact) mass is 186 g/mol. The molecule has 0 atom stereocenters. The summed E-state index contributed by atoms with van der Waals surface area (Å²) in [5.41, 5.74) is 0. The fraction of sp³-hybridized carbons (Fsp3) is 1.00. The minimum atomic E-state index is -2.48. The van der Waals surface area contributed by atoms with Gasteiger partial charge >= 0.3 is 29.6 Å².